The zero-order valence-corrected chi connectivity index (χ0v) is 9.42. The van der Waals surface area contributed by atoms with Gasteiger partial charge >= 0.3 is 0 Å². The second kappa shape index (κ2) is 3.61. The summed E-state index contributed by atoms with van der Waals surface area (Å²) in [5, 5.41) is 0. The molecule has 15 heavy (non-hydrogen) atoms. The highest BCUT2D eigenvalue weighted by atomic mass is 16.1. The molecular formula is C13H15NO. The molecule has 1 heterocycles. The fraction of sp³-hybridized carbons (Fsp3) is 0.385. The molecule has 0 aromatic carbocycles. The lowest BCUT2D eigenvalue weighted by molar-refractivity contribution is 0.0982. The molecule has 0 unspecified atom stereocenters. The zero-order valence-electron chi connectivity index (χ0n) is 9.42. The quantitative estimate of drug-likeness (QED) is 0.688. The maximum Gasteiger partial charge on any atom is 0.181 e. The molecule has 78 valence electrons. The Morgan fingerprint density at radius 1 is 1.47 bits per heavy atom. The lowest BCUT2D eigenvalue weighted by Crippen LogP contribution is -2.07. The predicted molar refractivity (Wildman–Crippen MR) is 61.0 cm³/mol. The van der Waals surface area contributed by atoms with Gasteiger partial charge in [0.2, 0.25) is 0 Å². The van der Waals surface area contributed by atoms with Gasteiger partial charge in [-0.1, -0.05) is 13.0 Å². The van der Waals surface area contributed by atoms with Crippen LogP contribution in [0.2, 0.25) is 0 Å². The Kier molecular flexibility index (Phi) is 2.43. The van der Waals surface area contributed by atoms with E-state index >= 15 is 0 Å². The number of hydrogen-bond donors (Lipinski definition) is 0. The van der Waals surface area contributed by atoms with Crippen LogP contribution >= 0.6 is 0 Å². The van der Waals surface area contributed by atoms with Crippen molar-refractivity contribution in [3.63, 3.8) is 0 Å². The number of fused-ring (bicyclic) bond motifs is 1. The van der Waals surface area contributed by atoms with E-state index in [2.05, 4.69) is 24.1 Å². The highest BCUT2D eigenvalue weighted by Crippen LogP contribution is 2.29. The number of pyridine rings is 1. The Morgan fingerprint density at radius 2 is 2.20 bits per heavy atom. The molecule has 0 saturated carbocycles. The van der Waals surface area contributed by atoms with Gasteiger partial charge in [-0.2, -0.15) is 0 Å². The van der Waals surface area contributed by atoms with Crippen LogP contribution in [0.3, 0.4) is 0 Å². The van der Waals surface area contributed by atoms with Gasteiger partial charge in [-0.3, -0.25) is 4.79 Å². The first kappa shape index (κ1) is 10.1. The second-order valence-corrected chi connectivity index (χ2v) is 4.01. The first-order chi connectivity index (χ1) is 7.13. The third kappa shape index (κ3) is 1.60. The fourth-order valence-electron chi connectivity index (χ4n) is 2.02. The van der Waals surface area contributed by atoms with Crippen LogP contribution in [0.4, 0.5) is 0 Å². The van der Waals surface area contributed by atoms with E-state index < -0.39 is 0 Å². The Bertz CT molecular complexity index is 458. The van der Waals surface area contributed by atoms with E-state index in [0.29, 0.717) is 12.1 Å². The Hall–Kier alpha value is -1.44. The zero-order chi connectivity index (χ0) is 11.0. The monoisotopic (exact) mass is 201 g/mol. The van der Waals surface area contributed by atoms with E-state index in [1.807, 2.05) is 13.8 Å². The van der Waals surface area contributed by atoms with Crippen molar-refractivity contribution < 1.29 is 4.79 Å². The van der Waals surface area contributed by atoms with Crippen molar-refractivity contribution in [2.75, 3.05) is 0 Å². The standard InChI is InChI=1S/C13H15NO/c1-4-12(15)13-10-6-5-8(2)11(10)7-9(3)14-13/h5,7H,4,6H2,1-3H3. The van der Waals surface area contributed by atoms with Crippen LogP contribution in [-0.4, -0.2) is 10.8 Å². The lowest BCUT2D eigenvalue weighted by atomic mass is 10.0. The minimum absolute atomic E-state index is 0.151. The van der Waals surface area contributed by atoms with Crippen LogP contribution in [0.5, 0.6) is 0 Å². The minimum atomic E-state index is 0.151. The molecule has 0 amide bonds. The Balaban J connectivity index is 2.60. The topological polar surface area (TPSA) is 30.0 Å². The van der Waals surface area contributed by atoms with Gasteiger partial charge in [0.1, 0.15) is 5.69 Å². The number of hydrogen-bond acceptors (Lipinski definition) is 2. The molecular weight excluding hydrogens is 186 g/mol. The van der Waals surface area contributed by atoms with Gasteiger partial charge in [-0.25, -0.2) is 4.98 Å². The van der Waals surface area contributed by atoms with E-state index in [0.717, 1.165) is 17.7 Å². The van der Waals surface area contributed by atoms with Gasteiger partial charge < -0.3 is 0 Å². The van der Waals surface area contributed by atoms with E-state index in [4.69, 9.17) is 0 Å². The third-order valence-electron chi connectivity index (χ3n) is 2.87. The molecule has 0 fully saturated rings. The molecule has 2 rings (SSSR count). The molecule has 0 aliphatic heterocycles. The third-order valence-corrected chi connectivity index (χ3v) is 2.87. The van der Waals surface area contributed by atoms with Crippen molar-refractivity contribution in [1.82, 2.24) is 4.98 Å². The van der Waals surface area contributed by atoms with Crippen molar-refractivity contribution in [3.05, 3.63) is 34.7 Å². The van der Waals surface area contributed by atoms with Gasteiger partial charge in [0.15, 0.2) is 5.78 Å². The predicted octanol–water partition coefficient (Wildman–Crippen LogP) is 2.94. The molecule has 0 atom stereocenters. The van der Waals surface area contributed by atoms with E-state index in [9.17, 15) is 4.79 Å². The molecule has 2 nitrogen and oxygen atoms in total. The van der Waals surface area contributed by atoms with Gasteiger partial charge in [0.05, 0.1) is 0 Å². The summed E-state index contributed by atoms with van der Waals surface area (Å²) in [7, 11) is 0. The lowest BCUT2D eigenvalue weighted by Gasteiger charge is -2.08. The molecule has 0 saturated heterocycles. The summed E-state index contributed by atoms with van der Waals surface area (Å²) < 4.78 is 0. The van der Waals surface area contributed by atoms with Crippen molar-refractivity contribution >= 4 is 11.4 Å². The first-order valence-corrected chi connectivity index (χ1v) is 5.34. The molecule has 2 heteroatoms. The van der Waals surface area contributed by atoms with Gasteiger partial charge in [-0.15, -0.1) is 0 Å². The van der Waals surface area contributed by atoms with E-state index in [1.165, 1.54) is 11.1 Å². The highest BCUT2D eigenvalue weighted by molar-refractivity contribution is 5.97. The Labute approximate surface area is 90.0 Å². The van der Waals surface area contributed by atoms with E-state index in [-0.39, 0.29) is 5.78 Å². The van der Waals surface area contributed by atoms with Crippen LogP contribution in [0.25, 0.3) is 5.57 Å². The SMILES string of the molecule is CCC(=O)c1nc(C)cc2c1CC=C2C. The summed E-state index contributed by atoms with van der Waals surface area (Å²) >= 11 is 0. The maximum absolute atomic E-state index is 11.7. The summed E-state index contributed by atoms with van der Waals surface area (Å²) in [5.74, 6) is 0.151. The molecule has 1 aliphatic rings. The number of rotatable bonds is 2. The smallest absolute Gasteiger partial charge is 0.181 e. The molecule has 1 aromatic rings. The number of ketones is 1. The van der Waals surface area contributed by atoms with Gasteiger partial charge in [0, 0.05) is 12.1 Å². The average Bonchev–Trinajstić information content (AvgIpc) is 2.58. The number of aryl methyl sites for hydroxylation is 1. The summed E-state index contributed by atoms with van der Waals surface area (Å²) in [5.41, 5.74) is 5.20. The number of nitrogens with zero attached hydrogens (tertiary/aromatic N) is 1. The van der Waals surface area contributed by atoms with Crippen LogP contribution in [0, 0.1) is 6.92 Å². The number of Topliss-reactive ketones (excluding diaryl/α,β-unsaturated/α-hetero) is 1. The van der Waals surface area contributed by atoms with Crippen molar-refractivity contribution in [2.45, 2.75) is 33.6 Å². The molecule has 1 aliphatic carbocycles. The fourth-order valence-corrected chi connectivity index (χ4v) is 2.02. The summed E-state index contributed by atoms with van der Waals surface area (Å²) in [6, 6.07) is 2.07. The molecule has 0 bridgehead atoms. The van der Waals surface area contributed by atoms with Crippen LogP contribution in [0.1, 0.15) is 47.6 Å². The first-order valence-electron chi connectivity index (χ1n) is 5.34. The largest absolute Gasteiger partial charge is 0.292 e. The van der Waals surface area contributed by atoms with Gasteiger partial charge in [0.25, 0.3) is 0 Å². The molecule has 0 spiro atoms. The summed E-state index contributed by atoms with van der Waals surface area (Å²) in [6.45, 7) is 5.91. The minimum Gasteiger partial charge on any atom is -0.292 e. The maximum atomic E-state index is 11.7. The van der Waals surface area contributed by atoms with Crippen LogP contribution in [0.15, 0.2) is 12.1 Å². The molecule has 0 radical (unpaired) electrons. The molecule has 0 N–H and O–H groups in total. The van der Waals surface area contributed by atoms with Crippen LogP contribution in [-0.2, 0) is 6.42 Å². The highest BCUT2D eigenvalue weighted by Gasteiger charge is 2.19. The van der Waals surface area contributed by atoms with Crippen molar-refractivity contribution in [1.29, 1.82) is 0 Å². The summed E-state index contributed by atoms with van der Waals surface area (Å²) in [4.78, 5) is 16.1. The van der Waals surface area contributed by atoms with Crippen molar-refractivity contribution in [3.8, 4) is 0 Å². The number of carbonyl (C=O) groups excluding carboxylic acids is 1. The average molecular weight is 201 g/mol. The van der Waals surface area contributed by atoms with Crippen molar-refractivity contribution in [2.24, 2.45) is 0 Å². The summed E-state index contributed by atoms with van der Waals surface area (Å²) in [6.07, 6.45) is 3.55. The number of allylic oxidation sites excluding steroid dienone is 2. The number of carbonyl (C=O) groups is 1. The normalized spacial score (nSPS) is 13.7. The second-order valence-electron chi connectivity index (χ2n) is 4.01. The van der Waals surface area contributed by atoms with Gasteiger partial charge in [-0.05, 0) is 43.0 Å². The Morgan fingerprint density at radius 3 is 2.87 bits per heavy atom. The number of aromatic nitrogens is 1. The van der Waals surface area contributed by atoms with E-state index in [1.54, 1.807) is 0 Å². The van der Waals surface area contributed by atoms with Crippen LogP contribution < -0.4 is 0 Å². The molecule has 1 aromatic heterocycles.